The number of anilines is 2. The number of nitrogens with one attached hydrogen (secondary N) is 1. The first-order valence-electron chi connectivity index (χ1n) is 10.3. The lowest BCUT2D eigenvalue weighted by Crippen LogP contribution is -2.38. The van der Waals surface area contributed by atoms with Crippen LogP contribution in [-0.2, 0) is 10.2 Å². The molecule has 1 saturated carbocycles. The average molecular weight is 417 g/mol. The summed E-state index contributed by atoms with van der Waals surface area (Å²) in [6.45, 7) is 0. The minimum atomic E-state index is -0.433. The van der Waals surface area contributed by atoms with Crippen LogP contribution in [0.25, 0.3) is 0 Å². The van der Waals surface area contributed by atoms with E-state index in [1.54, 1.807) is 17.7 Å². The summed E-state index contributed by atoms with van der Waals surface area (Å²) >= 11 is 1.59. The van der Waals surface area contributed by atoms with E-state index in [-0.39, 0.29) is 12.1 Å². The van der Waals surface area contributed by atoms with E-state index in [1.807, 2.05) is 58.8 Å². The van der Waals surface area contributed by atoms with Crippen molar-refractivity contribution in [3.05, 3.63) is 77.2 Å². The second-order valence-corrected chi connectivity index (χ2v) is 8.83. The lowest BCUT2D eigenvalue weighted by atomic mass is 9.78. The van der Waals surface area contributed by atoms with Gasteiger partial charge in [-0.2, -0.15) is 0 Å². The number of carbonyl (C=O) groups is 1. The number of nitrogens with two attached hydrogens (primary N) is 1. The van der Waals surface area contributed by atoms with Gasteiger partial charge in [0.25, 0.3) is 0 Å². The van der Waals surface area contributed by atoms with Crippen molar-refractivity contribution >= 4 is 40.0 Å². The average Bonchev–Trinajstić information content (AvgIpc) is 3.46. The summed E-state index contributed by atoms with van der Waals surface area (Å²) in [5, 5.41) is 6.13. The molecule has 5 nitrogen and oxygen atoms in total. The summed E-state index contributed by atoms with van der Waals surface area (Å²) in [5.41, 5.74) is 9.87. The van der Waals surface area contributed by atoms with Crippen LogP contribution >= 0.6 is 11.3 Å². The van der Waals surface area contributed by atoms with Crippen LogP contribution in [0, 0.1) is 0 Å². The maximum Gasteiger partial charge on any atom is 0.235 e. The van der Waals surface area contributed by atoms with Crippen LogP contribution in [0.1, 0.15) is 43.0 Å². The van der Waals surface area contributed by atoms with Crippen LogP contribution in [0.4, 0.5) is 16.4 Å². The SMILES string of the molecule is NC1c2ccsc2N=CN1c1ccc(NC(=O)C2(c3ccccc3)CCCC2)cc1. The van der Waals surface area contributed by atoms with Gasteiger partial charge >= 0.3 is 0 Å². The van der Waals surface area contributed by atoms with Gasteiger partial charge in [0.1, 0.15) is 11.2 Å². The number of hydrogen-bond acceptors (Lipinski definition) is 5. The van der Waals surface area contributed by atoms with Crippen molar-refractivity contribution in [2.45, 2.75) is 37.3 Å². The minimum Gasteiger partial charge on any atom is -0.325 e. The van der Waals surface area contributed by atoms with Crippen LogP contribution in [0.3, 0.4) is 0 Å². The van der Waals surface area contributed by atoms with E-state index in [2.05, 4.69) is 22.4 Å². The maximum absolute atomic E-state index is 13.3. The third kappa shape index (κ3) is 3.22. The van der Waals surface area contributed by atoms with Gasteiger partial charge in [-0.25, -0.2) is 4.99 Å². The molecule has 0 radical (unpaired) electrons. The van der Waals surface area contributed by atoms with Gasteiger partial charge in [0, 0.05) is 16.9 Å². The zero-order valence-corrected chi connectivity index (χ0v) is 17.4. The third-order valence-electron chi connectivity index (χ3n) is 6.23. The molecule has 1 aromatic heterocycles. The molecule has 1 aliphatic carbocycles. The Balaban J connectivity index is 1.34. The molecule has 3 aromatic rings. The Hall–Kier alpha value is -2.96. The zero-order valence-electron chi connectivity index (χ0n) is 16.6. The molecule has 1 aliphatic heterocycles. The number of rotatable bonds is 4. The third-order valence-corrected chi connectivity index (χ3v) is 7.07. The summed E-state index contributed by atoms with van der Waals surface area (Å²) in [4.78, 5) is 19.8. The first kappa shape index (κ1) is 19.0. The van der Waals surface area contributed by atoms with E-state index in [0.29, 0.717) is 0 Å². The maximum atomic E-state index is 13.3. The number of carbonyl (C=O) groups excluding carboxylic acids is 1. The van der Waals surface area contributed by atoms with Gasteiger partial charge in [0.05, 0.1) is 11.8 Å². The van der Waals surface area contributed by atoms with Gasteiger partial charge in [0.2, 0.25) is 5.91 Å². The molecule has 0 bridgehead atoms. The molecule has 0 spiro atoms. The Labute approximate surface area is 180 Å². The van der Waals surface area contributed by atoms with Gasteiger partial charge in [-0.3, -0.25) is 4.79 Å². The highest BCUT2D eigenvalue weighted by Gasteiger charge is 2.42. The molecule has 3 N–H and O–H groups in total. The van der Waals surface area contributed by atoms with E-state index in [4.69, 9.17) is 5.73 Å². The first-order valence-corrected chi connectivity index (χ1v) is 11.2. The monoisotopic (exact) mass is 416 g/mol. The second-order valence-electron chi connectivity index (χ2n) is 7.93. The molecule has 30 heavy (non-hydrogen) atoms. The largest absolute Gasteiger partial charge is 0.325 e. The van der Waals surface area contributed by atoms with Crippen LogP contribution < -0.4 is 16.0 Å². The van der Waals surface area contributed by atoms with Crippen LogP contribution in [0.5, 0.6) is 0 Å². The molecule has 2 heterocycles. The Morgan fingerprint density at radius 3 is 2.53 bits per heavy atom. The molecule has 1 amide bonds. The number of nitrogens with zero attached hydrogens (tertiary/aromatic N) is 2. The van der Waals surface area contributed by atoms with Gasteiger partial charge in [-0.1, -0.05) is 43.2 Å². The van der Waals surface area contributed by atoms with Gasteiger partial charge in [-0.15, -0.1) is 11.3 Å². The first-order chi connectivity index (χ1) is 14.7. The highest BCUT2D eigenvalue weighted by atomic mass is 32.1. The Kier molecular flexibility index (Phi) is 4.89. The number of amides is 1. The number of hydrogen-bond donors (Lipinski definition) is 2. The van der Waals surface area contributed by atoms with Crippen molar-refractivity contribution in [1.29, 1.82) is 0 Å². The van der Waals surface area contributed by atoms with Crippen molar-refractivity contribution in [2.24, 2.45) is 10.7 Å². The summed E-state index contributed by atoms with van der Waals surface area (Å²) in [7, 11) is 0. The number of fused-ring (bicyclic) bond motifs is 1. The van der Waals surface area contributed by atoms with E-state index in [1.165, 1.54) is 0 Å². The smallest absolute Gasteiger partial charge is 0.235 e. The van der Waals surface area contributed by atoms with E-state index < -0.39 is 5.41 Å². The standard InChI is InChI=1S/C24H24N4OS/c25-21-20-12-15-30-22(20)26-16-28(21)19-10-8-18(9-11-19)27-23(29)24(13-4-5-14-24)17-6-2-1-3-7-17/h1-3,6-12,15-16,21H,4-5,13-14,25H2,(H,27,29). The van der Waals surface area contributed by atoms with Crippen LogP contribution in [0.2, 0.25) is 0 Å². The van der Waals surface area contributed by atoms with Crippen molar-refractivity contribution in [1.82, 2.24) is 0 Å². The highest BCUT2D eigenvalue weighted by molar-refractivity contribution is 7.14. The molecule has 1 atom stereocenters. The predicted molar refractivity (Wildman–Crippen MR) is 124 cm³/mol. The highest BCUT2D eigenvalue weighted by Crippen LogP contribution is 2.42. The van der Waals surface area contributed by atoms with E-state index >= 15 is 0 Å². The van der Waals surface area contributed by atoms with Crippen molar-refractivity contribution in [3.8, 4) is 0 Å². The zero-order chi connectivity index (χ0) is 20.6. The fraction of sp³-hybridized carbons (Fsp3) is 0.250. The Morgan fingerprint density at radius 2 is 1.80 bits per heavy atom. The molecule has 0 saturated heterocycles. The number of aliphatic imine (C=N–C) groups is 1. The summed E-state index contributed by atoms with van der Waals surface area (Å²) in [6, 6.07) is 20.0. The fourth-order valence-electron chi connectivity index (χ4n) is 4.55. The molecular formula is C24H24N4OS. The normalized spacial score (nSPS) is 19.5. The van der Waals surface area contributed by atoms with Crippen LogP contribution in [-0.4, -0.2) is 12.2 Å². The van der Waals surface area contributed by atoms with Crippen molar-refractivity contribution in [2.75, 3.05) is 10.2 Å². The molecule has 1 unspecified atom stereocenters. The lowest BCUT2D eigenvalue weighted by molar-refractivity contribution is -0.121. The Morgan fingerprint density at radius 1 is 1.07 bits per heavy atom. The van der Waals surface area contributed by atoms with Gasteiger partial charge in [0.15, 0.2) is 0 Å². The molecule has 152 valence electrons. The van der Waals surface area contributed by atoms with Gasteiger partial charge < -0.3 is 16.0 Å². The molecular weight excluding hydrogens is 392 g/mol. The summed E-state index contributed by atoms with van der Waals surface area (Å²) in [6.07, 6.45) is 5.46. The summed E-state index contributed by atoms with van der Waals surface area (Å²) < 4.78 is 0. The molecule has 2 aromatic carbocycles. The van der Waals surface area contributed by atoms with Gasteiger partial charge in [-0.05, 0) is 54.1 Å². The summed E-state index contributed by atoms with van der Waals surface area (Å²) in [5.74, 6) is 0.0816. The predicted octanol–water partition coefficient (Wildman–Crippen LogP) is 5.34. The van der Waals surface area contributed by atoms with E-state index in [0.717, 1.165) is 53.2 Å². The molecule has 5 rings (SSSR count). The molecule has 1 fully saturated rings. The number of thiophene rings is 1. The Bertz CT molecular complexity index is 1070. The lowest BCUT2D eigenvalue weighted by Gasteiger charge is -2.30. The topological polar surface area (TPSA) is 70.7 Å². The molecule has 2 aliphatic rings. The van der Waals surface area contributed by atoms with Crippen molar-refractivity contribution in [3.63, 3.8) is 0 Å². The molecule has 6 heteroatoms. The van der Waals surface area contributed by atoms with Crippen molar-refractivity contribution < 1.29 is 4.79 Å². The van der Waals surface area contributed by atoms with E-state index in [9.17, 15) is 4.79 Å². The van der Waals surface area contributed by atoms with Crippen LogP contribution in [0.15, 0.2) is 71.0 Å². The fourth-order valence-corrected chi connectivity index (χ4v) is 5.33. The minimum absolute atomic E-state index is 0.0816. The second kappa shape index (κ2) is 7.70. The quantitative estimate of drug-likeness (QED) is 0.603. The number of benzene rings is 2.